The van der Waals surface area contributed by atoms with E-state index in [4.69, 9.17) is 0 Å². The third kappa shape index (κ3) is 2.27. The molecular formula is C7H7BrN2O2. The average molecular weight is 231 g/mol. The SMILES string of the molecule is CC(=O)NC1=NC=C(Br)CC1=O. The van der Waals surface area contributed by atoms with Gasteiger partial charge in [-0.05, 0) is 0 Å². The molecule has 0 aromatic rings. The van der Waals surface area contributed by atoms with Gasteiger partial charge in [0.25, 0.3) is 0 Å². The van der Waals surface area contributed by atoms with Gasteiger partial charge in [-0.1, -0.05) is 15.9 Å². The fourth-order valence-corrected chi connectivity index (χ4v) is 1.12. The van der Waals surface area contributed by atoms with E-state index in [1.54, 1.807) is 0 Å². The number of carbonyl (C=O) groups excluding carboxylic acids is 2. The molecule has 12 heavy (non-hydrogen) atoms. The van der Waals surface area contributed by atoms with Crippen molar-refractivity contribution >= 4 is 33.5 Å². The van der Waals surface area contributed by atoms with E-state index in [1.165, 1.54) is 13.1 Å². The number of halogens is 1. The maximum absolute atomic E-state index is 11.1. The van der Waals surface area contributed by atoms with E-state index in [-0.39, 0.29) is 23.9 Å². The van der Waals surface area contributed by atoms with E-state index in [0.717, 1.165) is 4.48 Å². The zero-order valence-corrected chi connectivity index (χ0v) is 8.01. The first-order valence-corrected chi connectivity index (χ1v) is 4.12. The first-order chi connectivity index (χ1) is 5.59. The van der Waals surface area contributed by atoms with Gasteiger partial charge in [-0.15, -0.1) is 0 Å². The summed E-state index contributed by atoms with van der Waals surface area (Å²) in [5.74, 6) is -0.348. The highest BCUT2D eigenvalue weighted by Crippen LogP contribution is 2.14. The van der Waals surface area contributed by atoms with Crippen molar-refractivity contribution in [3.63, 3.8) is 0 Å². The predicted octanol–water partition coefficient (Wildman–Crippen LogP) is 0.730. The minimum Gasteiger partial charge on any atom is -0.308 e. The summed E-state index contributed by atoms with van der Waals surface area (Å²) in [6.45, 7) is 1.34. The lowest BCUT2D eigenvalue weighted by atomic mass is 10.2. The lowest BCUT2D eigenvalue weighted by molar-refractivity contribution is -0.119. The van der Waals surface area contributed by atoms with Crippen molar-refractivity contribution in [2.75, 3.05) is 0 Å². The Bertz CT molecular complexity index is 294. The minimum absolute atomic E-state index is 0.116. The summed E-state index contributed by atoms with van der Waals surface area (Å²) in [6, 6.07) is 0. The van der Waals surface area contributed by atoms with Crippen LogP contribution in [0.5, 0.6) is 0 Å². The number of amides is 1. The van der Waals surface area contributed by atoms with E-state index in [2.05, 4.69) is 26.2 Å². The van der Waals surface area contributed by atoms with E-state index >= 15 is 0 Å². The van der Waals surface area contributed by atoms with Crippen LogP contribution in [0, 0.1) is 0 Å². The first kappa shape index (κ1) is 9.12. The molecular weight excluding hydrogens is 224 g/mol. The molecule has 0 fully saturated rings. The molecule has 0 bridgehead atoms. The van der Waals surface area contributed by atoms with Gasteiger partial charge >= 0.3 is 0 Å². The molecule has 5 heteroatoms. The molecule has 1 N–H and O–H groups in total. The van der Waals surface area contributed by atoms with E-state index in [1.807, 2.05) is 0 Å². The maximum atomic E-state index is 11.1. The van der Waals surface area contributed by atoms with Gasteiger partial charge in [0.2, 0.25) is 11.7 Å². The first-order valence-electron chi connectivity index (χ1n) is 3.32. The molecule has 0 aromatic heterocycles. The summed E-state index contributed by atoms with van der Waals surface area (Å²) in [6.07, 6.45) is 1.77. The Labute approximate surface area is 77.9 Å². The minimum atomic E-state index is -0.284. The van der Waals surface area contributed by atoms with Gasteiger partial charge in [0.1, 0.15) is 0 Å². The van der Waals surface area contributed by atoms with E-state index in [9.17, 15) is 9.59 Å². The molecule has 0 saturated carbocycles. The lowest BCUT2D eigenvalue weighted by Crippen LogP contribution is -2.35. The summed E-state index contributed by atoms with van der Waals surface area (Å²) in [5, 5.41) is 2.35. The topological polar surface area (TPSA) is 58.5 Å². The lowest BCUT2D eigenvalue weighted by Gasteiger charge is -2.08. The van der Waals surface area contributed by atoms with Gasteiger partial charge in [0.15, 0.2) is 5.84 Å². The quantitative estimate of drug-likeness (QED) is 0.668. The van der Waals surface area contributed by atoms with Crippen LogP contribution in [-0.4, -0.2) is 17.5 Å². The highest BCUT2D eigenvalue weighted by atomic mass is 79.9. The smallest absolute Gasteiger partial charge is 0.222 e. The number of hydrogen-bond donors (Lipinski definition) is 1. The van der Waals surface area contributed by atoms with Crippen molar-refractivity contribution in [1.82, 2.24) is 5.32 Å². The van der Waals surface area contributed by atoms with Crippen molar-refractivity contribution in [3.05, 3.63) is 10.7 Å². The Balaban J connectivity index is 2.76. The predicted molar refractivity (Wildman–Crippen MR) is 47.9 cm³/mol. The van der Waals surface area contributed by atoms with Gasteiger partial charge in [-0.3, -0.25) is 9.59 Å². The number of carbonyl (C=O) groups is 2. The zero-order valence-electron chi connectivity index (χ0n) is 6.43. The van der Waals surface area contributed by atoms with Crippen molar-refractivity contribution in [2.45, 2.75) is 13.3 Å². The molecule has 1 aliphatic rings. The maximum Gasteiger partial charge on any atom is 0.222 e. The third-order valence-corrected chi connectivity index (χ3v) is 1.71. The van der Waals surface area contributed by atoms with Crippen LogP contribution in [0.15, 0.2) is 15.7 Å². The van der Waals surface area contributed by atoms with Crippen molar-refractivity contribution in [1.29, 1.82) is 0 Å². The summed E-state index contributed by atoms with van der Waals surface area (Å²) < 4.78 is 0.724. The number of nitrogens with one attached hydrogen (secondary N) is 1. The number of hydrogen-bond acceptors (Lipinski definition) is 3. The normalized spacial score (nSPS) is 16.7. The number of amidine groups is 1. The Morgan fingerprint density at radius 2 is 2.42 bits per heavy atom. The fourth-order valence-electron chi connectivity index (χ4n) is 0.758. The van der Waals surface area contributed by atoms with Crippen molar-refractivity contribution < 1.29 is 9.59 Å². The number of Topliss-reactive ketones (excluding diaryl/α,β-unsaturated/α-hetero) is 1. The van der Waals surface area contributed by atoms with Gasteiger partial charge in [-0.25, -0.2) is 4.99 Å². The molecule has 1 heterocycles. The molecule has 0 aromatic carbocycles. The summed E-state index contributed by atoms with van der Waals surface area (Å²) >= 11 is 3.14. The van der Waals surface area contributed by atoms with Crippen LogP contribution in [0.25, 0.3) is 0 Å². The number of aliphatic imine (C=N–C) groups is 1. The number of nitrogens with zero attached hydrogens (tertiary/aromatic N) is 1. The molecule has 0 atom stereocenters. The Kier molecular flexibility index (Phi) is 2.75. The van der Waals surface area contributed by atoms with Gasteiger partial charge in [0.05, 0.1) is 0 Å². The van der Waals surface area contributed by atoms with Gasteiger partial charge < -0.3 is 5.32 Å². The van der Waals surface area contributed by atoms with Crippen molar-refractivity contribution in [3.8, 4) is 0 Å². The van der Waals surface area contributed by atoms with E-state index in [0.29, 0.717) is 0 Å². The van der Waals surface area contributed by atoms with E-state index < -0.39 is 0 Å². The highest BCUT2D eigenvalue weighted by Gasteiger charge is 2.16. The monoisotopic (exact) mass is 230 g/mol. The van der Waals surface area contributed by atoms with Crippen LogP contribution in [0.2, 0.25) is 0 Å². The van der Waals surface area contributed by atoms with Crippen molar-refractivity contribution in [2.24, 2.45) is 4.99 Å². The largest absolute Gasteiger partial charge is 0.308 e. The molecule has 1 aliphatic heterocycles. The van der Waals surface area contributed by atoms with Crippen LogP contribution in [0.4, 0.5) is 0 Å². The fraction of sp³-hybridized carbons (Fsp3) is 0.286. The third-order valence-electron chi connectivity index (χ3n) is 1.22. The molecule has 0 saturated heterocycles. The molecule has 1 rings (SSSR count). The molecule has 0 unspecified atom stereocenters. The Hall–Kier alpha value is -0.970. The van der Waals surface area contributed by atoms with Crippen LogP contribution in [0.1, 0.15) is 13.3 Å². The second kappa shape index (κ2) is 3.62. The average Bonchev–Trinajstić information content (AvgIpc) is 1.94. The molecule has 64 valence electrons. The van der Waals surface area contributed by atoms with Gasteiger partial charge in [-0.2, -0.15) is 0 Å². The Morgan fingerprint density at radius 3 is 2.92 bits per heavy atom. The standard InChI is InChI=1S/C7H7BrN2O2/c1-4(11)10-7-6(12)2-5(8)3-9-7/h3H,2H2,1H3,(H,9,10,11). The molecule has 0 radical (unpaired) electrons. The highest BCUT2D eigenvalue weighted by molar-refractivity contribution is 9.11. The number of ketones is 1. The second-order valence-electron chi connectivity index (χ2n) is 2.33. The summed E-state index contributed by atoms with van der Waals surface area (Å²) in [5.41, 5.74) is 0. The zero-order chi connectivity index (χ0) is 9.14. The number of allylic oxidation sites excluding steroid dienone is 1. The molecule has 4 nitrogen and oxygen atoms in total. The van der Waals surface area contributed by atoms with Crippen LogP contribution in [-0.2, 0) is 9.59 Å². The Morgan fingerprint density at radius 1 is 1.75 bits per heavy atom. The molecule has 0 spiro atoms. The van der Waals surface area contributed by atoms with Crippen LogP contribution < -0.4 is 5.32 Å². The second-order valence-corrected chi connectivity index (χ2v) is 3.35. The number of rotatable bonds is 0. The molecule has 1 amide bonds. The van der Waals surface area contributed by atoms with Crippen LogP contribution in [0.3, 0.4) is 0 Å². The van der Waals surface area contributed by atoms with Gasteiger partial charge in [0, 0.05) is 24.0 Å². The molecule has 0 aliphatic carbocycles. The van der Waals surface area contributed by atoms with Crippen LogP contribution >= 0.6 is 15.9 Å². The summed E-state index contributed by atoms with van der Waals surface area (Å²) in [7, 11) is 0. The summed E-state index contributed by atoms with van der Waals surface area (Å²) in [4.78, 5) is 25.4.